The van der Waals surface area contributed by atoms with Crippen molar-refractivity contribution in [2.75, 3.05) is 5.32 Å². The summed E-state index contributed by atoms with van der Waals surface area (Å²) >= 11 is 1.49. The quantitative estimate of drug-likeness (QED) is 0.246. The second kappa shape index (κ2) is 10.5. The van der Waals surface area contributed by atoms with Crippen molar-refractivity contribution in [3.8, 4) is 11.3 Å². The largest absolute Gasteiger partial charge is 0.478 e. The fourth-order valence-corrected chi connectivity index (χ4v) is 5.00. The third-order valence-electron chi connectivity index (χ3n) is 5.71. The lowest BCUT2D eigenvalue weighted by Crippen LogP contribution is -2.19. The first-order chi connectivity index (χ1) is 17.6. The predicted octanol–water partition coefficient (Wildman–Crippen LogP) is 6.81. The lowest BCUT2D eigenvalue weighted by Gasteiger charge is -2.17. The maximum Gasteiger partial charge on any atom is 0.336 e. The molecule has 0 saturated carbocycles. The molecule has 178 valence electrons. The Morgan fingerprint density at radius 1 is 0.917 bits per heavy atom. The van der Waals surface area contributed by atoms with Crippen LogP contribution in [0.2, 0.25) is 0 Å². The van der Waals surface area contributed by atoms with Crippen molar-refractivity contribution in [1.82, 2.24) is 4.98 Å². The molecule has 1 unspecified atom stereocenters. The van der Waals surface area contributed by atoms with Gasteiger partial charge in [-0.15, -0.1) is 11.8 Å². The molecule has 2 heterocycles. The molecule has 5 rings (SSSR count). The molecule has 1 amide bonds. The van der Waals surface area contributed by atoms with E-state index >= 15 is 0 Å². The number of carbonyl (C=O) groups is 2. The summed E-state index contributed by atoms with van der Waals surface area (Å²) in [5.74, 6) is 0.236. The van der Waals surface area contributed by atoms with E-state index in [4.69, 9.17) is 4.42 Å². The van der Waals surface area contributed by atoms with Crippen LogP contribution in [0.1, 0.15) is 26.9 Å². The van der Waals surface area contributed by atoms with Gasteiger partial charge in [-0.3, -0.25) is 4.79 Å². The Morgan fingerprint density at radius 3 is 2.39 bits per heavy atom. The van der Waals surface area contributed by atoms with Gasteiger partial charge in [-0.05, 0) is 42.0 Å². The molecule has 6 nitrogen and oxygen atoms in total. The van der Waals surface area contributed by atoms with Crippen LogP contribution in [0.3, 0.4) is 0 Å². The van der Waals surface area contributed by atoms with Crippen molar-refractivity contribution in [3.05, 3.63) is 120 Å². The highest BCUT2D eigenvalue weighted by atomic mass is 32.2. The van der Waals surface area contributed by atoms with Gasteiger partial charge < -0.3 is 14.8 Å². The number of hydrogen-bond donors (Lipinski definition) is 2. The molecule has 0 radical (unpaired) electrons. The van der Waals surface area contributed by atoms with Gasteiger partial charge in [0.1, 0.15) is 11.0 Å². The van der Waals surface area contributed by atoms with Gasteiger partial charge in [-0.2, -0.15) is 0 Å². The molecule has 36 heavy (non-hydrogen) atoms. The maximum absolute atomic E-state index is 13.3. The Bertz CT molecular complexity index is 1500. The van der Waals surface area contributed by atoms with Crippen LogP contribution in [0.15, 0.2) is 108 Å². The summed E-state index contributed by atoms with van der Waals surface area (Å²) in [5, 5.41) is 12.8. The highest BCUT2D eigenvalue weighted by molar-refractivity contribution is 7.99. The number of carbonyl (C=O) groups excluding carboxylic acids is 1. The van der Waals surface area contributed by atoms with E-state index in [0.717, 1.165) is 16.9 Å². The molecule has 0 fully saturated rings. The van der Waals surface area contributed by atoms with Crippen LogP contribution in [0.4, 0.5) is 5.69 Å². The Morgan fingerprint density at radius 2 is 1.67 bits per heavy atom. The number of aromatic carboxylic acids is 1. The van der Waals surface area contributed by atoms with Crippen LogP contribution < -0.4 is 5.32 Å². The predicted molar refractivity (Wildman–Crippen MR) is 142 cm³/mol. The van der Waals surface area contributed by atoms with E-state index in [2.05, 4.69) is 10.3 Å². The van der Waals surface area contributed by atoms with Gasteiger partial charge in [-0.1, -0.05) is 60.7 Å². The molecule has 3 aromatic carbocycles. The van der Waals surface area contributed by atoms with Gasteiger partial charge in [0, 0.05) is 16.6 Å². The van der Waals surface area contributed by atoms with Crippen LogP contribution >= 0.6 is 11.8 Å². The van der Waals surface area contributed by atoms with Gasteiger partial charge in [0.25, 0.3) is 0 Å². The van der Waals surface area contributed by atoms with E-state index in [-0.39, 0.29) is 11.5 Å². The number of fused-ring (bicyclic) bond motifs is 1. The lowest BCUT2D eigenvalue weighted by molar-refractivity contribution is -0.115. The van der Waals surface area contributed by atoms with E-state index in [9.17, 15) is 14.7 Å². The molecule has 0 bridgehead atoms. The molecule has 5 aromatic rings. The minimum absolute atomic E-state index is 0.137. The van der Waals surface area contributed by atoms with Crippen LogP contribution in [0.25, 0.3) is 22.2 Å². The van der Waals surface area contributed by atoms with Crippen molar-refractivity contribution in [3.63, 3.8) is 0 Å². The summed E-state index contributed by atoms with van der Waals surface area (Å²) in [5.41, 5.74) is 3.68. The van der Waals surface area contributed by atoms with Crippen LogP contribution in [-0.2, 0) is 10.5 Å². The number of nitrogens with zero attached hydrogens (tertiary/aromatic N) is 1. The number of hydrogen-bond acceptors (Lipinski definition) is 5. The molecular formula is C29H22N2O4S. The van der Waals surface area contributed by atoms with Gasteiger partial charge >= 0.3 is 5.97 Å². The molecule has 0 aliphatic carbocycles. The number of para-hydroxylation sites is 1. The molecule has 0 aliphatic heterocycles. The number of aromatic nitrogens is 1. The summed E-state index contributed by atoms with van der Waals surface area (Å²) in [4.78, 5) is 29.7. The van der Waals surface area contributed by atoms with E-state index in [0.29, 0.717) is 28.0 Å². The molecule has 7 heteroatoms. The molecule has 0 aliphatic rings. The molecule has 2 N–H and O–H groups in total. The number of benzene rings is 3. The Kier molecular flexibility index (Phi) is 6.82. The average molecular weight is 495 g/mol. The summed E-state index contributed by atoms with van der Waals surface area (Å²) < 4.78 is 5.43. The fourth-order valence-electron chi connectivity index (χ4n) is 3.94. The monoisotopic (exact) mass is 494 g/mol. The highest BCUT2D eigenvalue weighted by Crippen LogP contribution is 2.33. The number of carboxylic acids is 1. The summed E-state index contributed by atoms with van der Waals surface area (Å²) in [7, 11) is 0. The van der Waals surface area contributed by atoms with Gasteiger partial charge in [0.2, 0.25) is 5.91 Å². The first kappa shape index (κ1) is 23.4. The molecule has 2 aromatic heterocycles. The minimum atomic E-state index is -1.00. The summed E-state index contributed by atoms with van der Waals surface area (Å²) in [6.07, 6.45) is 1.62. The second-order valence-electron chi connectivity index (χ2n) is 8.13. The molecule has 0 saturated heterocycles. The normalized spacial score (nSPS) is 11.8. The van der Waals surface area contributed by atoms with E-state index < -0.39 is 11.2 Å². The Hall–Kier alpha value is -4.36. The first-order valence-corrected chi connectivity index (χ1v) is 12.4. The van der Waals surface area contributed by atoms with Crippen molar-refractivity contribution in [1.29, 1.82) is 0 Å². The maximum atomic E-state index is 13.3. The Balaban J connectivity index is 1.36. The smallest absolute Gasteiger partial charge is 0.336 e. The van der Waals surface area contributed by atoms with Gasteiger partial charge in [0.05, 0.1) is 28.8 Å². The first-order valence-electron chi connectivity index (χ1n) is 11.3. The second-order valence-corrected chi connectivity index (χ2v) is 9.22. The van der Waals surface area contributed by atoms with Crippen molar-refractivity contribution in [2.24, 2.45) is 0 Å². The molecule has 0 spiro atoms. The fraction of sp³-hybridized carbons (Fsp3) is 0.0690. The van der Waals surface area contributed by atoms with Crippen molar-refractivity contribution in [2.45, 2.75) is 11.0 Å². The zero-order chi connectivity index (χ0) is 24.9. The Labute approximate surface area is 212 Å². The SMILES string of the molecule is O=C(O)c1cc(-c2ccc(NC(=O)C(SCc3ccco3)c3ccccc3)cc2)nc2ccccc12. The van der Waals surface area contributed by atoms with Gasteiger partial charge in [-0.25, -0.2) is 9.78 Å². The number of pyridine rings is 1. The number of furan rings is 1. The van der Waals surface area contributed by atoms with Crippen LogP contribution in [-0.4, -0.2) is 22.0 Å². The molecule has 1 atom stereocenters. The van der Waals surface area contributed by atoms with Crippen molar-refractivity contribution >= 4 is 40.2 Å². The van der Waals surface area contributed by atoms with Crippen molar-refractivity contribution < 1.29 is 19.1 Å². The number of carboxylic acid groups (broad SMARTS) is 1. The zero-order valence-corrected chi connectivity index (χ0v) is 19.9. The van der Waals surface area contributed by atoms with E-state index in [1.54, 1.807) is 42.7 Å². The lowest BCUT2D eigenvalue weighted by atomic mass is 10.0. The summed E-state index contributed by atoms with van der Waals surface area (Å²) in [6.45, 7) is 0. The number of nitrogens with one attached hydrogen (secondary N) is 1. The number of anilines is 1. The number of rotatable bonds is 8. The van der Waals surface area contributed by atoms with Crippen LogP contribution in [0.5, 0.6) is 0 Å². The van der Waals surface area contributed by atoms with Gasteiger partial charge in [0.15, 0.2) is 0 Å². The van der Waals surface area contributed by atoms with E-state index in [1.807, 2.05) is 60.7 Å². The number of amides is 1. The zero-order valence-electron chi connectivity index (χ0n) is 19.1. The third-order valence-corrected chi connectivity index (χ3v) is 6.98. The topological polar surface area (TPSA) is 92.4 Å². The van der Waals surface area contributed by atoms with E-state index in [1.165, 1.54) is 11.8 Å². The average Bonchev–Trinajstić information content (AvgIpc) is 3.43. The molecular weight excluding hydrogens is 472 g/mol. The highest BCUT2D eigenvalue weighted by Gasteiger charge is 2.22. The summed E-state index contributed by atoms with van der Waals surface area (Å²) in [6, 6.07) is 29.3. The van der Waals surface area contributed by atoms with Crippen LogP contribution in [0, 0.1) is 0 Å². The minimum Gasteiger partial charge on any atom is -0.478 e. The third kappa shape index (κ3) is 5.16. The number of thioether (sulfide) groups is 1. The standard InChI is InChI=1S/C29H22N2O4S/c32-28(27(20-7-2-1-3-8-20)36-18-22-9-6-16-35-22)30-21-14-12-19(13-15-21)26-17-24(29(33)34)23-10-4-5-11-25(23)31-26/h1-17,27H,18H2,(H,30,32)(H,33,34).